The molecule has 2 rings (SSSR count). The van der Waals surface area contributed by atoms with Gasteiger partial charge in [-0.05, 0) is 43.9 Å². The van der Waals surface area contributed by atoms with Crippen molar-refractivity contribution in [3.8, 4) is 0 Å². The summed E-state index contributed by atoms with van der Waals surface area (Å²) < 4.78 is 0. The van der Waals surface area contributed by atoms with E-state index < -0.39 is 0 Å². The molecule has 1 saturated carbocycles. The van der Waals surface area contributed by atoms with Crippen molar-refractivity contribution in [2.75, 3.05) is 6.54 Å². The summed E-state index contributed by atoms with van der Waals surface area (Å²) in [5.41, 5.74) is -0.350. The molecule has 2 fully saturated rings. The largest absolute Gasteiger partial charge is 0.325 e. The zero-order chi connectivity index (χ0) is 15.6. The first-order valence-corrected chi connectivity index (χ1v) is 8.96. The Labute approximate surface area is 130 Å². The molecule has 1 aliphatic carbocycles. The number of hydrogen-bond donors (Lipinski definition) is 1. The van der Waals surface area contributed by atoms with Crippen LogP contribution in [0.15, 0.2) is 0 Å². The molecule has 0 spiro atoms. The maximum absolute atomic E-state index is 12.9. The third kappa shape index (κ3) is 3.61. The van der Waals surface area contributed by atoms with Gasteiger partial charge in [0.2, 0.25) is 5.91 Å². The van der Waals surface area contributed by atoms with E-state index in [1.807, 2.05) is 0 Å². The molecular formula is C18H34N2O. The zero-order valence-electron chi connectivity index (χ0n) is 14.6. The fourth-order valence-electron chi connectivity index (χ4n) is 3.98. The van der Waals surface area contributed by atoms with E-state index in [4.69, 9.17) is 0 Å². The van der Waals surface area contributed by atoms with Crippen LogP contribution in [0.4, 0.5) is 0 Å². The molecule has 2 aliphatic rings. The number of carbonyl (C=O) groups excluding carboxylic acids is 1. The van der Waals surface area contributed by atoms with Crippen LogP contribution >= 0.6 is 0 Å². The molecule has 0 radical (unpaired) electrons. The smallest absolute Gasteiger partial charge is 0.243 e. The number of nitrogens with zero attached hydrogens (tertiary/aromatic N) is 1. The van der Waals surface area contributed by atoms with E-state index in [1.54, 1.807) is 0 Å². The molecule has 0 bridgehead atoms. The van der Waals surface area contributed by atoms with Crippen LogP contribution < -0.4 is 5.32 Å². The van der Waals surface area contributed by atoms with E-state index in [1.165, 1.54) is 25.7 Å². The van der Waals surface area contributed by atoms with Crippen LogP contribution in [0.1, 0.15) is 73.1 Å². The molecule has 4 unspecified atom stereocenters. The van der Waals surface area contributed by atoms with E-state index in [2.05, 4.69) is 44.8 Å². The van der Waals surface area contributed by atoms with Gasteiger partial charge in [-0.1, -0.05) is 47.0 Å². The first-order chi connectivity index (χ1) is 9.87. The van der Waals surface area contributed by atoms with Crippen LogP contribution in [-0.4, -0.2) is 29.1 Å². The van der Waals surface area contributed by atoms with Crippen LogP contribution in [0.5, 0.6) is 0 Å². The number of amides is 1. The Morgan fingerprint density at radius 1 is 1.33 bits per heavy atom. The Morgan fingerprint density at radius 3 is 2.57 bits per heavy atom. The molecular weight excluding hydrogens is 260 g/mol. The van der Waals surface area contributed by atoms with Gasteiger partial charge in [0, 0.05) is 6.54 Å². The highest BCUT2D eigenvalue weighted by molar-refractivity contribution is 5.88. The summed E-state index contributed by atoms with van der Waals surface area (Å²) in [5.74, 6) is 2.40. The molecule has 21 heavy (non-hydrogen) atoms. The minimum absolute atomic E-state index is 0.233. The molecule has 1 heterocycles. The normalized spacial score (nSPS) is 37.5. The lowest BCUT2D eigenvalue weighted by Crippen LogP contribution is -2.44. The predicted octanol–water partition coefficient (Wildman–Crippen LogP) is 3.79. The van der Waals surface area contributed by atoms with Crippen molar-refractivity contribution in [3.05, 3.63) is 0 Å². The lowest BCUT2D eigenvalue weighted by Gasteiger charge is -2.35. The summed E-state index contributed by atoms with van der Waals surface area (Å²) in [6.45, 7) is 12.0. The molecule has 0 aromatic rings. The van der Waals surface area contributed by atoms with E-state index in [0.717, 1.165) is 25.3 Å². The highest BCUT2D eigenvalue weighted by Gasteiger charge is 2.47. The number of hydrogen-bond acceptors (Lipinski definition) is 2. The molecule has 3 heteroatoms. The summed E-state index contributed by atoms with van der Waals surface area (Å²) in [6.07, 6.45) is 7.49. The predicted molar refractivity (Wildman–Crippen MR) is 87.9 cm³/mol. The van der Waals surface area contributed by atoms with Gasteiger partial charge in [0.05, 0.1) is 11.7 Å². The Hall–Kier alpha value is -0.570. The highest BCUT2D eigenvalue weighted by Crippen LogP contribution is 2.34. The van der Waals surface area contributed by atoms with Gasteiger partial charge in [0.25, 0.3) is 0 Å². The monoisotopic (exact) mass is 294 g/mol. The first kappa shape index (κ1) is 16.8. The third-order valence-corrected chi connectivity index (χ3v) is 5.72. The summed E-state index contributed by atoms with van der Waals surface area (Å²) >= 11 is 0. The molecule has 3 nitrogen and oxygen atoms in total. The number of rotatable bonds is 5. The van der Waals surface area contributed by atoms with Crippen molar-refractivity contribution in [1.29, 1.82) is 0 Å². The maximum atomic E-state index is 12.9. The minimum Gasteiger partial charge on any atom is -0.325 e. The SMILES string of the molecule is CCC1(C)NC(CC(C)C)N(CC2CCCCC2C)C1=O. The fourth-order valence-corrected chi connectivity index (χ4v) is 3.98. The lowest BCUT2D eigenvalue weighted by molar-refractivity contribution is -0.134. The Kier molecular flexibility index (Phi) is 5.34. The van der Waals surface area contributed by atoms with Crippen molar-refractivity contribution >= 4 is 5.91 Å². The average Bonchev–Trinajstić information content (AvgIpc) is 2.66. The molecule has 0 aromatic heterocycles. The standard InChI is InChI=1S/C18H34N2O/c1-6-18(5)17(21)20(16(19-18)11-13(2)3)12-15-10-8-7-9-14(15)4/h13-16,19H,6-12H2,1-5H3. The van der Waals surface area contributed by atoms with E-state index in [0.29, 0.717) is 17.7 Å². The van der Waals surface area contributed by atoms with Crippen molar-refractivity contribution < 1.29 is 4.79 Å². The average molecular weight is 294 g/mol. The van der Waals surface area contributed by atoms with Gasteiger partial charge in [-0.3, -0.25) is 10.1 Å². The third-order valence-electron chi connectivity index (χ3n) is 5.72. The van der Waals surface area contributed by atoms with Crippen molar-refractivity contribution in [2.24, 2.45) is 17.8 Å². The molecule has 122 valence electrons. The van der Waals surface area contributed by atoms with E-state index >= 15 is 0 Å². The van der Waals surface area contributed by atoms with E-state index in [-0.39, 0.29) is 11.7 Å². The van der Waals surface area contributed by atoms with Gasteiger partial charge >= 0.3 is 0 Å². The zero-order valence-corrected chi connectivity index (χ0v) is 14.6. The second kappa shape index (κ2) is 6.68. The molecule has 1 N–H and O–H groups in total. The molecule has 1 aliphatic heterocycles. The molecule has 1 amide bonds. The summed E-state index contributed by atoms with van der Waals surface area (Å²) in [5, 5.41) is 3.63. The van der Waals surface area contributed by atoms with Gasteiger partial charge in [-0.15, -0.1) is 0 Å². The van der Waals surface area contributed by atoms with Crippen LogP contribution in [-0.2, 0) is 4.79 Å². The molecule has 4 atom stereocenters. The van der Waals surface area contributed by atoms with Crippen molar-refractivity contribution in [2.45, 2.75) is 84.8 Å². The first-order valence-electron chi connectivity index (χ1n) is 8.96. The Balaban J connectivity index is 2.10. The van der Waals surface area contributed by atoms with Gasteiger partial charge in [0.1, 0.15) is 0 Å². The van der Waals surface area contributed by atoms with Crippen LogP contribution in [0.25, 0.3) is 0 Å². The molecule has 1 saturated heterocycles. The van der Waals surface area contributed by atoms with Crippen molar-refractivity contribution in [1.82, 2.24) is 10.2 Å². The van der Waals surface area contributed by atoms with Crippen LogP contribution in [0, 0.1) is 17.8 Å². The summed E-state index contributed by atoms with van der Waals surface area (Å²) in [4.78, 5) is 15.1. The fraction of sp³-hybridized carbons (Fsp3) is 0.944. The topological polar surface area (TPSA) is 32.3 Å². The highest BCUT2D eigenvalue weighted by atomic mass is 16.2. The van der Waals surface area contributed by atoms with Gasteiger partial charge < -0.3 is 4.90 Å². The Bertz CT molecular complexity index is 368. The van der Waals surface area contributed by atoms with Crippen LogP contribution in [0.3, 0.4) is 0 Å². The number of nitrogens with one attached hydrogen (secondary N) is 1. The van der Waals surface area contributed by atoms with E-state index in [9.17, 15) is 4.79 Å². The Morgan fingerprint density at radius 2 is 2.00 bits per heavy atom. The number of carbonyl (C=O) groups is 1. The molecule has 0 aromatic carbocycles. The summed E-state index contributed by atoms with van der Waals surface area (Å²) in [6, 6.07) is 0. The van der Waals surface area contributed by atoms with Gasteiger partial charge in [-0.2, -0.15) is 0 Å². The van der Waals surface area contributed by atoms with Gasteiger partial charge in [0.15, 0.2) is 0 Å². The van der Waals surface area contributed by atoms with Crippen LogP contribution in [0.2, 0.25) is 0 Å². The second-order valence-corrected chi connectivity index (χ2v) is 7.95. The second-order valence-electron chi connectivity index (χ2n) is 7.95. The summed E-state index contributed by atoms with van der Waals surface area (Å²) in [7, 11) is 0. The minimum atomic E-state index is -0.350. The van der Waals surface area contributed by atoms with Crippen molar-refractivity contribution in [3.63, 3.8) is 0 Å². The lowest BCUT2D eigenvalue weighted by atomic mass is 9.80. The van der Waals surface area contributed by atoms with Gasteiger partial charge in [-0.25, -0.2) is 0 Å². The maximum Gasteiger partial charge on any atom is 0.243 e. The quantitative estimate of drug-likeness (QED) is 0.837.